The lowest BCUT2D eigenvalue weighted by atomic mass is 10.1. The Labute approximate surface area is 86.9 Å². The molecular weight excluding hydrogens is 174 g/mol. The Morgan fingerprint density at radius 1 is 1.57 bits per heavy atom. The highest BCUT2D eigenvalue weighted by atomic mass is 15.2. The summed E-state index contributed by atoms with van der Waals surface area (Å²) in [6.45, 7) is 6.07. The van der Waals surface area contributed by atoms with E-state index in [9.17, 15) is 0 Å². The zero-order valence-electron chi connectivity index (χ0n) is 9.24. The van der Waals surface area contributed by atoms with E-state index in [-0.39, 0.29) is 5.92 Å². The van der Waals surface area contributed by atoms with Gasteiger partial charge >= 0.3 is 0 Å². The number of hydrogen-bond acceptors (Lipinski definition) is 3. The lowest BCUT2D eigenvalue weighted by Crippen LogP contribution is -2.37. The van der Waals surface area contributed by atoms with Crippen molar-refractivity contribution in [3.63, 3.8) is 0 Å². The molecule has 14 heavy (non-hydrogen) atoms. The fourth-order valence-corrected chi connectivity index (χ4v) is 2.25. The third-order valence-electron chi connectivity index (χ3n) is 3.10. The quantitative estimate of drug-likeness (QED) is 0.736. The first-order valence-electron chi connectivity index (χ1n) is 5.56. The summed E-state index contributed by atoms with van der Waals surface area (Å²) in [5.41, 5.74) is 5.89. The summed E-state index contributed by atoms with van der Waals surface area (Å²) in [7, 11) is 0. The summed E-state index contributed by atoms with van der Waals surface area (Å²) in [5.74, 6) is 0.131. The van der Waals surface area contributed by atoms with Crippen LogP contribution >= 0.6 is 0 Å². The van der Waals surface area contributed by atoms with Gasteiger partial charge in [-0.05, 0) is 32.7 Å². The minimum Gasteiger partial charge on any atom is -0.328 e. The van der Waals surface area contributed by atoms with Gasteiger partial charge in [-0.25, -0.2) is 0 Å². The third kappa shape index (κ3) is 2.97. The van der Waals surface area contributed by atoms with Crippen LogP contribution < -0.4 is 5.73 Å². The molecule has 2 N–H and O–H groups in total. The van der Waals surface area contributed by atoms with Gasteiger partial charge in [0.1, 0.15) is 0 Å². The van der Waals surface area contributed by atoms with Gasteiger partial charge in [0.25, 0.3) is 0 Å². The highest BCUT2D eigenvalue weighted by Gasteiger charge is 2.26. The van der Waals surface area contributed by atoms with E-state index in [1.165, 1.54) is 6.42 Å². The molecule has 1 rings (SSSR count). The van der Waals surface area contributed by atoms with E-state index in [1.807, 2.05) is 6.92 Å². The van der Waals surface area contributed by atoms with E-state index in [0.29, 0.717) is 12.1 Å². The maximum atomic E-state index is 8.77. The molecule has 1 aliphatic rings. The molecule has 0 aromatic heterocycles. The predicted octanol–water partition coefficient (Wildman–Crippen LogP) is 1.35. The standard InChI is InChI=1S/C11H21N3/c1-3-14(8-9(2)7-12)11-5-4-10(13)6-11/h9-11H,3-6,8,13H2,1-2H3. The van der Waals surface area contributed by atoms with Crippen LogP contribution in [0.25, 0.3) is 0 Å². The number of nitrogens with two attached hydrogens (primary N) is 1. The maximum absolute atomic E-state index is 8.77. The minimum atomic E-state index is 0.131. The molecule has 1 aliphatic carbocycles. The fraction of sp³-hybridized carbons (Fsp3) is 0.909. The molecule has 0 heterocycles. The van der Waals surface area contributed by atoms with E-state index in [2.05, 4.69) is 17.9 Å². The first-order chi connectivity index (χ1) is 6.67. The van der Waals surface area contributed by atoms with Crippen LogP contribution in [0.4, 0.5) is 0 Å². The Hall–Kier alpha value is -0.590. The average molecular weight is 195 g/mol. The first-order valence-corrected chi connectivity index (χ1v) is 5.56. The molecule has 0 radical (unpaired) electrons. The molecule has 0 bridgehead atoms. The van der Waals surface area contributed by atoms with Gasteiger partial charge in [0, 0.05) is 18.6 Å². The second kappa shape index (κ2) is 5.33. The molecule has 3 nitrogen and oxygen atoms in total. The summed E-state index contributed by atoms with van der Waals surface area (Å²) in [6, 6.07) is 3.29. The van der Waals surface area contributed by atoms with Gasteiger partial charge < -0.3 is 5.73 Å². The number of hydrogen-bond donors (Lipinski definition) is 1. The lowest BCUT2D eigenvalue weighted by Gasteiger charge is -2.28. The van der Waals surface area contributed by atoms with Crippen LogP contribution in [0, 0.1) is 17.2 Å². The molecule has 3 heteroatoms. The molecule has 0 aromatic carbocycles. The first kappa shape index (κ1) is 11.5. The van der Waals surface area contributed by atoms with E-state index >= 15 is 0 Å². The number of nitrogens with zero attached hydrogens (tertiary/aromatic N) is 2. The van der Waals surface area contributed by atoms with Gasteiger partial charge in [-0.15, -0.1) is 0 Å². The monoisotopic (exact) mass is 195 g/mol. The number of rotatable bonds is 4. The fourth-order valence-electron chi connectivity index (χ4n) is 2.25. The molecule has 1 saturated carbocycles. The lowest BCUT2D eigenvalue weighted by molar-refractivity contribution is 0.194. The van der Waals surface area contributed by atoms with Crippen LogP contribution in [-0.4, -0.2) is 30.1 Å². The maximum Gasteiger partial charge on any atom is 0.0666 e. The average Bonchev–Trinajstić information content (AvgIpc) is 2.60. The van der Waals surface area contributed by atoms with Crippen molar-refractivity contribution in [3.05, 3.63) is 0 Å². The SMILES string of the molecule is CCN(CC(C)C#N)C1CCC(N)C1. The summed E-state index contributed by atoms with van der Waals surface area (Å²) in [5, 5.41) is 8.77. The second-order valence-electron chi connectivity index (χ2n) is 4.34. The van der Waals surface area contributed by atoms with Crippen molar-refractivity contribution in [2.45, 2.75) is 45.2 Å². The van der Waals surface area contributed by atoms with Crippen molar-refractivity contribution in [1.82, 2.24) is 4.90 Å². The summed E-state index contributed by atoms with van der Waals surface area (Å²) < 4.78 is 0. The van der Waals surface area contributed by atoms with Crippen molar-refractivity contribution in [1.29, 1.82) is 5.26 Å². The molecule has 80 valence electrons. The zero-order valence-corrected chi connectivity index (χ0v) is 9.24. The predicted molar refractivity (Wildman–Crippen MR) is 57.6 cm³/mol. The van der Waals surface area contributed by atoms with Gasteiger partial charge in [-0.3, -0.25) is 4.90 Å². The summed E-state index contributed by atoms with van der Waals surface area (Å²) in [4.78, 5) is 2.40. The summed E-state index contributed by atoms with van der Waals surface area (Å²) in [6.07, 6.45) is 3.45. The van der Waals surface area contributed by atoms with Gasteiger partial charge in [0.05, 0.1) is 12.0 Å². The Bertz CT molecular complexity index is 209. The molecule has 0 saturated heterocycles. The van der Waals surface area contributed by atoms with Gasteiger partial charge in [-0.1, -0.05) is 6.92 Å². The van der Waals surface area contributed by atoms with Crippen molar-refractivity contribution >= 4 is 0 Å². The Balaban J connectivity index is 2.42. The van der Waals surface area contributed by atoms with Crippen molar-refractivity contribution < 1.29 is 0 Å². The smallest absolute Gasteiger partial charge is 0.0666 e. The Morgan fingerprint density at radius 3 is 2.71 bits per heavy atom. The molecule has 1 fully saturated rings. The number of nitriles is 1. The molecule has 0 amide bonds. The highest BCUT2D eigenvalue weighted by molar-refractivity contribution is 4.88. The largest absolute Gasteiger partial charge is 0.328 e. The van der Waals surface area contributed by atoms with E-state index < -0.39 is 0 Å². The van der Waals surface area contributed by atoms with Crippen molar-refractivity contribution in [2.24, 2.45) is 11.7 Å². The van der Waals surface area contributed by atoms with E-state index in [4.69, 9.17) is 11.0 Å². The van der Waals surface area contributed by atoms with Gasteiger partial charge in [0.15, 0.2) is 0 Å². The second-order valence-corrected chi connectivity index (χ2v) is 4.34. The van der Waals surface area contributed by atoms with Gasteiger partial charge in [-0.2, -0.15) is 5.26 Å². The van der Waals surface area contributed by atoms with Crippen LogP contribution in [0.15, 0.2) is 0 Å². The van der Waals surface area contributed by atoms with Crippen LogP contribution in [0.2, 0.25) is 0 Å². The van der Waals surface area contributed by atoms with E-state index in [1.54, 1.807) is 0 Å². The zero-order chi connectivity index (χ0) is 10.6. The molecule has 3 unspecified atom stereocenters. The Kier molecular flexibility index (Phi) is 4.37. The van der Waals surface area contributed by atoms with Crippen molar-refractivity contribution in [3.8, 4) is 6.07 Å². The summed E-state index contributed by atoms with van der Waals surface area (Å²) >= 11 is 0. The molecule has 0 spiro atoms. The van der Waals surface area contributed by atoms with E-state index in [0.717, 1.165) is 25.9 Å². The topological polar surface area (TPSA) is 53.0 Å². The van der Waals surface area contributed by atoms with Crippen molar-refractivity contribution in [2.75, 3.05) is 13.1 Å². The highest BCUT2D eigenvalue weighted by Crippen LogP contribution is 2.23. The van der Waals surface area contributed by atoms with Crippen LogP contribution in [0.5, 0.6) is 0 Å². The normalized spacial score (nSPS) is 29.1. The molecule has 0 aliphatic heterocycles. The minimum absolute atomic E-state index is 0.131. The molecule has 3 atom stereocenters. The molecule has 0 aromatic rings. The Morgan fingerprint density at radius 2 is 2.29 bits per heavy atom. The van der Waals surface area contributed by atoms with Crippen LogP contribution in [0.3, 0.4) is 0 Å². The third-order valence-corrected chi connectivity index (χ3v) is 3.10. The van der Waals surface area contributed by atoms with Crippen LogP contribution in [-0.2, 0) is 0 Å². The molecular formula is C11H21N3. The van der Waals surface area contributed by atoms with Gasteiger partial charge in [0.2, 0.25) is 0 Å². The van der Waals surface area contributed by atoms with Crippen LogP contribution in [0.1, 0.15) is 33.1 Å².